The SMILES string of the molecule is CCN(CC)c1ccc(NS(=O)(=O)c2sccc2Br)cc1. The Balaban J connectivity index is 2.19. The maximum absolute atomic E-state index is 12.3. The van der Waals surface area contributed by atoms with Crippen molar-refractivity contribution in [3.05, 3.63) is 40.2 Å². The summed E-state index contributed by atoms with van der Waals surface area (Å²) in [6.07, 6.45) is 0. The Hall–Kier alpha value is -1.05. The lowest BCUT2D eigenvalue weighted by Gasteiger charge is -2.21. The molecule has 0 aliphatic heterocycles. The molecule has 1 aromatic heterocycles. The van der Waals surface area contributed by atoms with Gasteiger partial charge in [0.1, 0.15) is 0 Å². The number of nitrogens with one attached hydrogen (secondary N) is 1. The molecule has 2 rings (SSSR count). The van der Waals surface area contributed by atoms with Gasteiger partial charge in [0.25, 0.3) is 10.0 Å². The second-order valence-electron chi connectivity index (χ2n) is 4.38. The molecule has 1 heterocycles. The van der Waals surface area contributed by atoms with Crippen LogP contribution in [-0.2, 0) is 10.0 Å². The van der Waals surface area contributed by atoms with Gasteiger partial charge in [0.15, 0.2) is 4.21 Å². The Morgan fingerprint density at radius 3 is 2.24 bits per heavy atom. The van der Waals surface area contributed by atoms with Crippen molar-refractivity contribution in [3.63, 3.8) is 0 Å². The molecule has 21 heavy (non-hydrogen) atoms. The second-order valence-corrected chi connectivity index (χ2v) is 8.03. The van der Waals surface area contributed by atoms with Gasteiger partial charge in [0.2, 0.25) is 0 Å². The van der Waals surface area contributed by atoms with Crippen molar-refractivity contribution in [2.24, 2.45) is 0 Å². The van der Waals surface area contributed by atoms with Crippen LogP contribution < -0.4 is 9.62 Å². The van der Waals surface area contributed by atoms with Gasteiger partial charge in [0, 0.05) is 28.9 Å². The molecular formula is C14H17BrN2O2S2. The first kappa shape index (κ1) is 16.3. The molecule has 0 aliphatic rings. The van der Waals surface area contributed by atoms with Crippen LogP contribution in [0.15, 0.2) is 44.4 Å². The summed E-state index contributed by atoms with van der Waals surface area (Å²) in [4.78, 5) is 2.20. The quantitative estimate of drug-likeness (QED) is 0.807. The minimum Gasteiger partial charge on any atom is -0.372 e. The minimum atomic E-state index is -3.54. The summed E-state index contributed by atoms with van der Waals surface area (Å²) in [5.41, 5.74) is 1.64. The molecule has 4 nitrogen and oxygen atoms in total. The van der Waals surface area contributed by atoms with Gasteiger partial charge >= 0.3 is 0 Å². The molecule has 1 N–H and O–H groups in total. The van der Waals surface area contributed by atoms with Gasteiger partial charge in [-0.25, -0.2) is 8.42 Å². The summed E-state index contributed by atoms with van der Waals surface area (Å²) >= 11 is 4.43. The largest absolute Gasteiger partial charge is 0.372 e. The Bertz CT molecular complexity index is 692. The molecule has 0 unspecified atom stereocenters. The van der Waals surface area contributed by atoms with E-state index in [-0.39, 0.29) is 4.21 Å². The highest BCUT2D eigenvalue weighted by molar-refractivity contribution is 9.10. The fourth-order valence-electron chi connectivity index (χ4n) is 2.00. The molecule has 0 bridgehead atoms. The number of sulfonamides is 1. The van der Waals surface area contributed by atoms with Crippen molar-refractivity contribution in [3.8, 4) is 0 Å². The third kappa shape index (κ3) is 3.78. The number of hydrogen-bond donors (Lipinski definition) is 1. The predicted molar refractivity (Wildman–Crippen MR) is 92.8 cm³/mol. The van der Waals surface area contributed by atoms with Crippen LogP contribution in [0.25, 0.3) is 0 Å². The average molecular weight is 389 g/mol. The Kier molecular flexibility index (Phi) is 5.29. The van der Waals surface area contributed by atoms with Crippen molar-refractivity contribution in [2.45, 2.75) is 18.1 Å². The number of nitrogens with zero attached hydrogens (tertiary/aromatic N) is 1. The number of hydrogen-bond acceptors (Lipinski definition) is 4. The van der Waals surface area contributed by atoms with E-state index in [9.17, 15) is 8.42 Å². The fourth-order valence-corrected chi connectivity index (χ4v) is 5.40. The van der Waals surface area contributed by atoms with Crippen LogP contribution in [0.4, 0.5) is 11.4 Å². The number of halogens is 1. The first-order chi connectivity index (χ1) is 9.97. The van der Waals surface area contributed by atoms with Crippen molar-refractivity contribution in [2.75, 3.05) is 22.7 Å². The molecule has 114 valence electrons. The summed E-state index contributed by atoms with van der Waals surface area (Å²) < 4.78 is 28.0. The number of benzene rings is 1. The highest BCUT2D eigenvalue weighted by Gasteiger charge is 2.19. The van der Waals surface area contributed by atoms with Crippen LogP contribution in [0.3, 0.4) is 0 Å². The van der Waals surface area contributed by atoms with Gasteiger partial charge in [-0.15, -0.1) is 11.3 Å². The Morgan fingerprint density at radius 1 is 1.14 bits per heavy atom. The van der Waals surface area contributed by atoms with E-state index in [0.717, 1.165) is 18.8 Å². The van der Waals surface area contributed by atoms with Crippen LogP contribution in [0.5, 0.6) is 0 Å². The van der Waals surface area contributed by atoms with E-state index < -0.39 is 10.0 Å². The van der Waals surface area contributed by atoms with E-state index >= 15 is 0 Å². The first-order valence-corrected chi connectivity index (χ1v) is 9.74. The van der Waals surface area contributed by atoms with Gasteiger partial charge < -0.3 is 4.90 Å². The highest BCUT2D eigenvalue weighted by Crippen LogP contribution is 2.29. The molecule has 0 saturated carbocycles. The number of rotatable bonds is 6. The van der Waals surface area contributed by atoms with Crippen LogP contribution in [0, 0.1) is 0 Å². The molecule has 0 saturated heterocycles. The molecule has 0 amide bonds. The van der Waals surface area contributed by atoms with E-state index in [1.165, 1.54) is 11.3 Å². The van der Waals surface area contributed by atoms with E-state index in [0.29, 0.717) is 10.2 Å². The van der Waals surface area contributed by atoms with E-state index in [1.807, 2.05) is 12.1 Å². The van der Waals surface area contributed by atoms with Gasteiger partial charge in [-0.05, 0) is 65.5 Å². The summed E-state index contributed by atoms with van der Waals surface area (Å²) in [7, 11) is -3.54. The minimum absolute atomic E-state index is 0.287. The molecule has 7 heteroatoms. The van der Waals surface area contributed by atoms with Gasteiger partial charge in [-0.3, -0.25) is 4.72 Å². The smallest absolute Gasteiger partial charge is 0.272 e. The number of thiophene rings is 1. The van der Waals surface area contributed by atoms with E-state index in [2.05, 4.69) is 39.4 Å². The topological polar surface area (TPSA) is 49.4 Å². The third-order valence-electron chi connectivity index (χ3n) is 3.08. The highest BCUT2D eigenvalue weighted by atomic mass is 79.9. The maximum atomic E-state index is 12.3. The van der Waals surface area contributed by atoms with Crippen molar-refractivity contribution < 1.29 is 8.42 Å². The zero-order chi connectivity index (χ0) is 15.5. The summed E-state index contributed by atoms with van der Waals surface area (Å²) in [6, 6.07) is 9.14. The van der Waals surface area contributed by atoms with Crippen molar-refractivity contribution in [1.82, 2.24) is 0 Å². The second kappa shape index (κ2) is 6.81. The zero-order valence-corrected chi connectivity index (χ0v) is 15.1. The Morgan fingerprint density at radius 2 is 1.76 bits per heavy atom. The van der Waals surface area contributed by atoms with Gasteiger partial charge in [-0.2, -0.15) is 0 Å². The van der Waals surface area contributed by atoms with Crippen LogP contribution in [-0.4, -0.2) is 21.5 Å². The summed E-state index contributed by atoms with van der Waals surface area (Å²) in [5.74, 6) is 0. The van der Waals surface area contributed by atoms with Crippen LogP contribution in [0.1, 0.15) is 13.8 Å². The molecule has 0 aliphatic carbocycles. The summed E-state index contributed by atoms with van der Waals surface area (Å²) in [6.45, 7) is 6.02. The van der Waals surface area contributed by atoms with Crippen LogP contribution >= 0.6 is 27.3 Å². The standard InChI is InChI=1S/C14H17BrN2O2S2/c1-3-17(4-2)12-7-5-11(6-8-12)16-21(18,19)14-13(15)9-10-20-14/h5-10,16H,3-4H2,1-2H3. The summed E-state index contributed by atoms with van der Waals surface area (Å²) in [5, 5.41) is 1.74. The van der Waals surface area contributed by atoms with Crippen molar-refractivity contribution in [1.29, 1.82) is 0 Å². The van der Waals surface area contributed by atoms with Crippen LogP contribution in [0.2, 0.25) is 0 Å². The number of anilines is 2. The predicted octanol–water partition coefficient (Wildman–Crippen LogP) is 4.16. The molecule has 0 radical (unpaired) electrons. The third-order valence-corrected chi connectivity index (χ3v) is 7.13. The Labute approximate surface area is 138 Å². The van der Waals surface area contributed by atoms with E-state index in [4.69, 9.17) is 0 Å². The normalized spacial score (nSPS) is 11.4. The van der Waals surface area contributed by atoms with Crippen molar-refractivity contribution >= 4 is 48.7 Å². The van der Waals surface area contributed by atoms with E-state index in [1.54, 1.807) is 23.6 Å². The molecule has 0 fully saturated rings. The molecule has 0 atom stereocenters. The monoisotopic (exact) mass is 388 g/mol. The molecule has 0 spiro atoms. The molecule has 2 aromatic rings. The average Bonchev–Trinajstić information content (AvgIpc) is 2.89. The first-order valence-electron chi connectivity index (χ1n) is 6.58. The van der Waals surface area contributed by atoms with Gasteiger partial charge in [0.05, 0.1) is 0 Å². The lowest BCUT2D eigenvalue weighted by Crippen LogP contribution is -2.21. The molecule has 1 aromatic carbocycles. The zero-order valence-electron chi connectivity index (χ0n) is 11.8. The molecular weight excluding hydrogens is 372 g/mol. The lowest BCUT2D eigenvalue weighted by molar-refractivity contribution is 0.603. The lowest BCUT2D eigenvalue weighted by atomic mass is 10.2. The fraction of sp³-hybridized carbons (Fsp3) is 0.286. The van der Waals surface area contributed by atoms with Gasteiger partial charge in [-0.1, -0.05) is 0 Å². The maximum Gasteiger partial charge on any atom is 0.272 e.